The fourth-order valence-electron chi connectivity index (χ4n) is 6.03. The third-order valence-corrected chi connectivity index (χ3v) is 8.53. The van der Waals surface area contributed by atoms with Crippen molar-refractivity contribution in [2.45, 2.75) is 52.1 Å². The summed E-state index contributed by atoms with van der Waals surface area (Å²) in [5.74, 6) is 1.25. The van der Waals surface area contributed by atoms with Crippen LogP contribution in [-0.4, -0.2) is 49.0 Å². The molecule has 2 heterocycles. The van der Waals surface area contributed by atoms with Crippen molar-refractivity contribution in [1.29, 1.82) is 0 Å². The first-order valence-corrected chi connectivity index (χ1v) is 14.7. The van der Waals surface area contributed by atoms with Crippen LogP contribution in [-0.2, 0) is 4.79 Å². The lowest BCUT2D eigenvalue weighted by atomic mass is 9.89. The molecule has 0 aromatic heterocycles. The Morgan fingerprint density at radius 3 is 2.30 bits per heavy atom. The minimum Gasteiger partial charge on any atom is -0.493 e. The summed E-state index contributed by atoms with van der Waals surface area (Å²) in [5.41, 5.74) is 3.18. The normalized spacial score (nSPS) is 19.6. The van der Waals surface area contributed by atoms with E-state index >= 15 is 0 Å². The number of para-hydroxylation sites is 1. The van der Waals surface area contributed by atoms with Gasteiger partial charge in [-0.2, -0.15) is 0 Å². The molecule has 2 aliphatic rings. The summed E-state index contributed by atoms with van der Waals surface area (Å²) in [6, 6.07) is 22.4. The molecule has 2 amide bonds. The first-order chi connectivity index (χ1) is 19.4. The number of benzene rings is 3. The molecule has 210 valence electrons. The molecule has 3 aromatic carbocycles. The van der Waals surface area contributed by atoms with Crippen LogP contribution in [0.5, 0.6) is 5.75 Å². The van der Waals surface area contributed by atoms with E-state index in [1.807, 2.05) is 77.4 Å². The maximum Gasteiger partial charge on any atom is 0.258 e. The molecule has 0 N–H and O–H groups in total. The molecule has 1 saturated heterocycles. The van der Waals surface area contributed by atoms with Crippen molar-refractivity contribution in [3.05, 3.63) is 88.9 Å². The number of piperidine rings is 1. The molecule has 6 nitrogen and oxygen atoms in total. The minimum absolute atomic E-state index is 0.0550. The van der Waals surface area contributed by atoms with Crippen molar-refractivity contribution in [2.24, 2.45) is 5.92 Å². The summed E-state index contributed by atoms with van der Waals surface area (Å²) in [7, 11) is 0. The molecule has 2 aliphatic heterocycles. The summed E-state index contributed by atoms with van der Waals surface area (Å²) < 4.78 is 6.10. The van der Waals surface area contributed by atoms with Gasteiger partial charge < -0.3 is 19.4 Å². The lowest BCUT2D eigenvalue weighted by Crippen LogP contribution is -2.47. The van der Waals surface area contributed by atoms with E-state index in [9.17, 15) is 9.59 Å². The van der Waals surface area contributed by atoms with Gasteiger partial charge in [-0.3, -0.25) is 9.59 Å². The molecule has 0 spiro atoms. The molecule has 5 rings (SSSR count). The number of likely N-dealkylation sites (tertiary alicyclic amines) is 1. The van der Waals surface area contributed by atoms with Gasteiger partial charge in [0, 0.05) is 34.9 Å². The molecule has 2 atom stereocenters. The van der Waals surface area contributed by atoms with E-state index in [0.717, 1.165) is 55.2 Å². The standard InChI is InChI=1S/C33H38ClN3O3/c1-4-35-19-17-25(18-20-35)22-40-29-15-9-26(10-16-29)33(39)36-23(2)21-32(30-7-5-6-8-31(30)36)37(24(3)38)28-13-11-27(34)12-14-28/h5-16,23,25,32H,4,17-22H2,1-3H3. The van der Waals surface area contributed by atoms with Crippen LogP contribution in [0.2, 0.25) is 5.02 Å². The van der Waals surface area contributed by atoms with Gasteiger partial charge in [-0.1, -0.05) is 36.7 Å². The molecule has 0 saturated carbocycles. The zero-order chi connectivity index (χ0) is 28.2. The van der Waals surface area contributed by atoms with Gasteiger partial charge >= 0.3 is 0 Å². The van der Waals surface area contributed by atoms with Crippen molar-refractivity contribution >= 4 is 34.8 Å². The Morgan fingerprint density at radius 2 is 1.65 bits per heavy atom. The summed E-state index contributed by atoms with van der Waals surface area (Å²) in [6.45, 7) is 9.93. The van der Waals surface area contributed by atoms with Gasteiger partial charge in [0.1, 0.15) is 5.75 Å². The molecule has 0 bridgehead atoms. The number of amides is 2. The van der Waals surface area contributed by atoms with Gasteiger partial charge in [-0.05, 0) is 112 Å². The van der Waals surface area contributed by atoms with Crippen LogP contribution in [0, 0.1) is 5.92 Å². The SMILES string of the molecule is CCN1CCC(COc2ccc(C(=O)N3c4ccccc4C(N(C(C)=O)c4ccc(Cl)cc4)CC3C)cc2)CC1. The highest BCUT2D eigenvalue weighted by Crippen LogP contribution is 2.43. The topological polar surface area (TPSA) is 53.1 Å². The predicted octanol–water partition coefficient (Wildman–Crippen LogP) is 6.98. The Hall–Kier alpha value is -3.35. The number of hydrogen-bond acceptors (Lipinski definition) is 4. The summed E-state index contributed by atoms with van der Waals surface area (Å²) in [6.07, 6.45) is 2.94. The molecule has 3 aromatic rings. The van der Waals surface area contributed by atoms with Crippen LogP contribution in [0.1, 0.15) is 62.0 Å². The Bertz CT molecular complexity index is 1320. The van der Waals surface area contributed by atoms with Gasteiger partial charge in [0.15, 0.2) is 0 Å². The minimum atomic E-state index is -0.200. The summed E-state index contributed by atoms with van der Waals surface area (Å²) >= 11 is 6.11. The van der Waals surface area contributed by atoms with Crippen LogP contribution in [0.15, 0.2) is 72.8 Å². The smallest absolute Gasteiger partial charge is 0.258 e. The molecule has 2 unspecified atom stereocenters. The highest BCUT2D eigenvalue weighted by molar-refractivity contribution is 6.30. The second-order valence-corrected chi connectivity index (χ2v) is 11.3. The number of hydrogen-bond donors (Lipinski definition) is 0. The monoisotopic (exact) mass is 559 g/mol. The highest BCUT2D eigenvalue weighted by atomic mass is 35.5. The van der Waals surface area contributed by atoms with E-state index in [4.69, 9.17) is 16.3 Å². The van der Waals surface area contributed by atoms with Crippen molar-refractivity contribution in [1.82, 2.24) is 4.90 Å². The summed E-state index contributed by atoms with van der Waals surface area (Å²) in [5, 5.41) is 0.621. The zero-order valence-corrected chi connectivity index (χ0v) is 24.3. The fourth-order valence-corrected chi connectivity index (χ4v) is 6.16. The van der Waals surface area contributed by atoms with Crippen molar-refractivity contribution in [3.63, 3.8) is 0 Å². The van der Waals surface area contributed by atoms with E-state index in [0.29, 0.717) is 29.5 Å². The second-order valence-electron chi connectivity index (χ2n) is 10.9. The van der Waals surface area contributed by atoms with Gasteiger partial charge in [0.25, 0.3) is 5.91 Å². The van der Waals surface area contributed by atoms with E-state index < -0.39 is 0 Å². The third kappa shape index (κ3) is 6.03. The quantitative estimate of drug-likeness (QED) is 0.313. The van der Waals surface area contributed by atoms with Crippen LogP contribution in [0.3, 0.4) is 0 Å². The van der Waals surface area contributed by atoms with E-state index in [1.54, 1.807) is 19.1 Å². The maximum absolute atomic E-state index is 13.9. The molecule has 7 heteroatoms. The molecule has 0 radical (unpaired) electrons. The van der Waals surface area contributed by atoms with Crippen LogP contribution < -0.4 is 14.5 Å². The average Bonchev–Trinajstić information content (AvgIpc) is 2.97. The van der Waals surface area contributed by atoms with Gasteiger partial charge in [-0.15, -0.1) is 0 Å². The third-order valence-electron chi connectivity index (χ3n) is 8.28. The van der Waals surface area contributed by atoms with Crippen molar-refractivity contribution < 1.29 is 14.3 Å². The summed E-state index contributed by atoms with van der Waals surface area (Å²) in [4.78, 5) is 32.9. The number of nitrogens with zero attached hydrogens (tertiary/aromatic N) is 3. The van der Waals surface area contributed by atoms with Gasteiger partial charge in [0.05, 0.1) is 12.6 Å². The van der Waals surface area contributed by atoms with Crippen LogP contribution in [0.25, 0.3) is 0 Å². The molecular weight excluding hydrogens is 522 g/mol. The fraction of sp³-hybridized carbons (Fsp3) is 0.394. The molecule has 0 aliphatic carbocycles. The molecular formula is C33H38ClN3O3. The lowest BCUT2D eigenvalue weighted by molar-refractivity contribution is -0.117. The Balaban J connectivity index is 1.33. The molecule has 40 heavy (non-hydrogen) atoms. The largest absolute Gasteiger partial charge is 0.493 e. The van der Waals surface area contributed by atoms with Crippen LogP contribution >= 0.6 is 11.6 Å². The van der Waals surface area contributed by atoms with E-state index in [2.05, 4.69) is 11.8 Å². The average molecular weight is 560 g/mol. The maximum atomic E-state index is 13.9. The van der Waals surface area contributed by atoms with Gasteiger partial charge in [-0.25, -0.2) is 0 Å². The Labute approximate surface area is 242 Å². The first-order valence-electron chi connectivity index (χ1n) is 14.3. The number of carbonyl (C=O) groups excluding carboxylic acids is 2. The van der Waals surface area contributed by atoms with E-state index in [-0.39, 0.29) is 23.9 Å². The Morgan fingerprint density at radius 1 is 0.975 bits per heavy atom. The van der Waals surface area contributed by atoms with E-state index in [1.165, 1.54) is 0 Å². The number of carbonyl (C=O) groups is 2. The number of ether oxygens (including phenoxy) is 1. The number of fused-ring (bicyclic) bond motifs is 1. The van der Waals surface area contributed by atoms with Crippen LogP contribution in [0.4, 0.5) is 11.4 Å². The second kappa shape index (κ2) is 12.4. The lowest BCUT2D eigenvalue weighted by Gasteiger charge is -2.43. The van der Waals surface area contributed by atoms with Gasteiger partial charge in [0.2, 0.25) is 5.91 Å². The van der Waals surface area contributed by atoms with Crippen molar-refractivity contribution in [3.8, 4) is 5.75 Å². The first kappa shape index (κ1) is 28.2. The molecule has 1 fully saturated rings. The number of halogens is 1. The Kier molecular flexibility index (Phi) is 8.77. The highest BCUT2D eigenvalue weighted by Gasteiger charge is 2.38. The predicted molar refractivity (Wildman–Crippen MR) is 161 cm³/mol. The number of rotatable bonds is 7. The van der Waals surface area contributed by atoms with Crippen molar-refractivity contribution in [2.75, 3.05) is 36.0 Å². The zero-order valence-electron chi connectivity index (χ0n) is 23.6. The number of anilines is 2.